The number of Topliss-reactive ketones (excluding diaryl/α,β-unsaturated/α-hetero) is 1. The molecule has 1 aliphatic rings. The Hall–Kier alpha value is -4.19. The third-order valence-corrected chi connectivity index (χ3v) is 5.83. The normalized spacial score (nSPS) is 14.6. The Morgan fingerprint density at radius 3 is 2.47 bits per heavy atom. The maximum absolute atomic E-state index is 13.6. The Balaban J connectivity index is 1.49. The van der Waals surface area contributed by atoms with Crippen LogP contribution in [-0.2, 0) is 6.42 Å². The zero-order valence-corrected chi connectivity index (χ0v) is 18.7. The SMILES string of the molecule is CCOc1ccc(CC(=O)c2cnn3c2NC(c2ccccc2)=C[C@@H]3c2ccc(F)cc2)cc1. The summed E-state index contributed by atoms with van der Waals surface area (Å²) in [6.45, 7) is 2.53. The fourth-order valence-corrected chi connectivity index (χ4v) is 4.13. The van der Waals surface area contributed by atoms with Gasteiger partial charge >= 0.3 is 0 Å². The first-order valence-electron chi connectivity index (χ1n) is 11.2. The molecule has 5 nitrogen and oxygen atoms in total. The van der Waals surface area contributed by atoms with E-state index in [1.807, 2.05) is 67.6 Å². The zero-order valence-electron chi connectivity index (χ0n) is 18.7. The molecular weight excluding hydrogens is 429 g/mol. The van der Waals surface area contributed by atoms with E-state index in [9.17, 15) is 9.18 Å². The summed E-state index contributed by atoms with van der Waals surface area (Å²) in [5, 5.41) is 7.95. The number of nitrogens with one attached hydrogen (secondary N) is 1. The van der Waals surface area contributed by atoms with Crippen molar-refractivity contribution in [3.05, 3.63) is 119 Å². The van der Waals surface area contributed by atoms with Crippen LogP contribution in [0.2, 0.25) is 0 Å². The largest absolute Gasteiger partial charge is 0.494 e. The minimum absolute atomic E-state index is 0.0370. The molecule has 0 spiro atoms. The minimum atomic E-state index is -0.295. The highest BCUT2D eigenvalue weighted by Gasteiger charge is 2.27. The molecule has 0 saturated carbocycles. The van der Waals surface area contributed by atoms with Gasteiger partial charge in [0.15, 0.2) is 5.78 Å². The van der Waals surface area contributed by atoms with Crippen LogP contribution in [0.1, 0.15) is 40.0 Å². The third kappa shape index (κ3) is 4.35. The summed E-state index contributed by atoms with van der Waals surface area (Å²) >= 11 is 0. The highest BCUT2D eigenvalue weighted by molar-refractivity contribution is 6.03. The van der Waals surface area contributed by atoms with Gasteiger partial charge in [-0.05, 0) is 54.0 Å². The molecule has 0 fully saturated rings. The van der Waals surface area contributed by atoms with Crippen LogP contribution in [0.15, 0.2) is 91.1 Å². The van der Waals surface area contributed by atoms with E-state index in [4.69, 9.17) is 4.74 Å². The van der Waals surface area contributed by atoms with Crippen molar-refractivity contribution in [1.29, 1.82) is 0 Å². The number of benzene rings is 3. The van der Waals surface area contributed by atoms with Crippen molar-refractivity contribution in [2.75, 3.05) is 11.9 Å². The van der Waals surface area contributed by atoms with Gasteiger partial charge in [0.25, 0.3) is 0 Å². The molecule has 0 amide bonds. The number of nitrogens with zero attached hydrogens (tertiary/aromatic N) is 2. The Morgan fingerprint density at radius 2 is 1.76 bits per heavy atom. The standard InChI is InChI=1S/C28H24FN3O2/c1-2-34-23-14-8-19(9-15-23)16-27(33)24-18-30-32-26(21-10-12-22(29)13-11-21)17-25(31-28(24)32)20-6-4-3-5-7-20/h3-15,17-18,26,31H,2,16H2,1H3/t26-/m1/s1. The molecule has 6 heteroatoms. The molecule has 1 N–H and O–H groups in total. The predicted octanol–water partition coefficient (Wildman–Crippen LogP) is 5.90. The van der Waals surface area contributed by atoms with Crippen molar-refractivity contribution in [2.24, 2.45) is 0 Å². The molecule has 170 valence electrons. The predicted molar refractivity (Wildman–Crippen MR) is 130 cm³/mol. The van der Waals surface area contributed by atoms with Crippen LogP contribution in [0.5, 0.6) is 5.75 Å². The number of allylic oxidation sites excluding steroid dienone is 1. The third-order valence-electron chi connectivity index (χ3n) is 5.83. The average molecular weight is 454 g/mol. The number of carbonyl (C=O) groups excluding carboxylic acids is 1. The van der Waals surface area contributed by atoms with E-state index in [-0.39, 0.29) is 24.1 Å². The van der Waals surface area contributed by atoms with Crippen LogP contribution in [0.4, 0.5) is 10.2 Å². The molecule has 0 saturated heterocycles. The summed E-state index contributed by atoms with van der Waals surface area (Å²) < 4.78 is 20.8. The van der Waals surface area contributed by atoms with Crippen molar-refractivity contribution in [3.8, 4) is 5.75 Å². The van der Waals surface area contributed by atoms with Gasteiger partial charge < -0.3 is 10.1 Å². The highest BCUT2D eigenvalue weighted by Crippen LogP contribution is 2.35. The monoisotopic (exact) mass is 453 g/mol. The van der Waals surface area contributed by atoms with Crippen molar-refractivity contribution >= 4 is 17.3 Å². The van der Waals surface area contributed by atoms with Crippen molar-refractivity contribution in [1.82, 2.24) is 9.78 Å². The Labute approximate surface area is 197 Å². The molecule has 3 aromatic carbocycles. The summed E-state index contributed by atoms with van der Waals surface area (Å²) in [5.41, 5.74) is 4.16. The summed E-state index contributed by atoms with van der Waals surface area (Å²) in [4.78, 5) is 13.3. The molecule has 0 bridgehead atoms. The first-order chi connectivity index (χ1) is 16.6. The van der Waals surface area contributed by atoms with Gasteiger partial charge in [0.05, 0.1) is 24.4 Å². The van der Waals surface area contributed by atoms with Gasteiger partial charge in [-0.2, -0.15) is 5.10 Å². The molecule has 0 radical (unpaired) electrons. The summed E-state index contributed by atoms with van der Waals surface area (Å²) in [5.74, 6) is 1.08. The molecule has 4 aromatic rings. The molecule has 2 heterocycles. The maximum Gasteiger partial charge on any atom is 0.172 e. The number of halogens is 1. The van der Waals surface area contributed by atoms with E-state index >= 15 is 0 Å². The van der Waals surface area contributed by atoms with Crippen LogP contribution in [0, 0.1) is 5.82 Å². The second-order valence-electron chi connectivity index (χ2n) is 8.10. The second kappa shape index (κ2) is 9.35. The Kier molecular flexibility index (Phi) is 5.95. The van der Waals surface area contributed by atoms with Crippen LogP contribution >= 0.6 is 0 Å². The van der Waals surface area contributed by atoms with Gasteiger partial charge in [-0.15, -0.1) is 0 Å². The first-order valence-corrected chi connectivity index (χ1v) is 11.2. The minimum Gasteiger partial charge on any atom is -0.494 e. The number of ketones is 1. The lowest BCUT2D eigenvalue weighted by molar-refractivity contribution is 0.0993. The quantitative estimate of drug-likeness (QED) is 0.354. The Bertz CT molecular complexity index is 1330. The number of hydrogen-bond acceptors (Lipinski definition) is 4. The van der Waals surface area contributed by atoms with Gasteiger partial charge in [-0.25, -0.2) is 9.07 Å². The molecule has 0 unspecified atom stereocenters. The number of carbonyl (C=O) groups is 1. The second-order valence-corrected chi connectivity index (χ2v) is 8.10. The Morgan fingerprint density at radius 1 is 1.03 bits per heavy atom. The molecule has 0 aliphatic carbocycles. The van der Waals surface area contributed by atoms with Crippen molar-refractivity contribution in [2.45, 2.75) is 19.4 Å². The van der Waals surface area contributed by atoms with E-state index in [1.165, 1.54) is 12.1 Å². The van der Waals surface area contributed by atoms with E-state index in [0.717, 1.165) is 28.1 Å². The van der Waals surface area contributed by atoms with Crippen LogP contribution in [0.25, 0.3) is 5.70 Å². The molecular formula is C28H24FN3O2. The van der Waals surface area contributed by atoms with Crippen molar-refractivity contribution in [3.63, 3.8) is 0 Å². The van der Waals surface area contributed by atoms with Crippen LogP contribution in [-0.4, -0.2) is 22.2 Å². The van der Waals surface area contributed by atoms with Gasteiger partial charge in [-0.1, -0.05) is 54.6 Å². The van der Waals surface area contributed by atoms with E-state index in [0.29, 0.717) is 18.0 Å². The number of ether oxygens (including phenoxy) is 1. The van der Waals surface area contributed by atoms with Gasteiger partial charge in [-0.3, -0.25) is 4.79 Å². The number of anilines is 1. The van der Waals surface area contributed by atoms with Crippen LogP contribution in [0.3, 0.4) is 0 Å². The maximum atomic E-state index is 13.6. The molecule has 5 rings (SSSR count). The number of hydrogen-bond donors (Lipinski definition) is 1. The fraction of sp³-hybridized carbons (Fsp3) is 0.143. The lowest BCUT2D eigenvalue weighted by Crippen LogP contribution is -2.21. The van der Waals surface area contributed by atoms with Gasteiger partial charge in [0.2, 0.25) is 0 Å². The molecule has 1 aliphatic heterocycles. The number of rotatable bonds is 7. The van der Waals surface area contributed by atoms with Gasteiger partial charge in [0, 0.05) is 12.1 Å². The van der Waals surface area contributed by atoms with E-state index in [2.05, 4.69) is 10.4 Å². The molecule has 1 atom stereocenters. The van der Waals surface area contributed by atoms with Crippen molar-refractivity contribution < 1.29 is 13.9 Å². The van der Waals surface area contributed by atoms with Gasteiger partial charge in [0.1, 0.15) is 17.4 Å². The smallest absolute Gasteiger partial charge is 0.172 e. The topological polar surface area (TPSA) is 56.1 Å². The number of fused-ring (bicyclic) bond motifs is 1. The summed E-state index contributed by atoms with van der Waals surface area (Å²) in [6.07, 6.45) is 3.90. The zero-order chi connectivity index (χ0) is 23.5. The van der Waals surface area contributed by atoms with Crippen LogP contribution < -0.4 is 10.1 Å². The van der Waals surface area contributed by atoms with E-state index in [1.54, 1.807) is 23.0 Å². The number of aromatic nitrogens is 2. The summed E-state index contributed by atoms with van der Waals surface area (Å²) in [6, 6.07) is 23.6. The lowest BCUT2D eigenvalue weighted by Gasteiger charge is -2.26. The molecule has 34 heavy (non-hydrogen) atoms. The lowest BCUT2D eigenvalue weighted by atomic mass is 10.00. The highest BCUT2D eigenvalue weighted by atomic mass is 19.1. The first kappa shape index (κ1) is 21.6. The summed E-state index contributed by atoms with van der Waals surface area (Å²) in [7, 11) is 0. The average Bonchev–Trinajstić information content (AvgIpc) is 3.30. The van der Waals surface area contributed by atoms with E-state index < -0.39 is 0 Å². The molecule has 1 aromatic heterocycles. The fourth-order valence-electron chi connectivity index (χ4n) is 4.13.